The summed E-state index contributed by atoms with van der Waals surface area (Å²) in [6, 6.07) is 0. The maximum Gasteiger partial charge on any atom is 0.274 e. The molecule has 0 fully saturated rings. The predicted octanol–water partition coefficient (Wildman–Crippen LogP) is 1.84. The van der Waals surface area contributed by atoms with Crippen molar-refractivity contribution in [1.82, 2.24) is 14.4 Å². The lowest BCUT2D eigenvalue weighted by Crippen LogP contribution is -2.10. The van der Waals surface area contributed by atoms with Crippen LogP contribution in [0.1, 0.15) is 30.2 Å². The van der Waals surface area contributed by atoms with Crippen molar-refractivity contribution in [1.29, 1.82) is 0 Å². The number of nitrogens with zero attached hydrogens (tertiary/aromatic N) is 3. The lowest BCUT2D eigenvalue weighted by molar-refractivity contribution is 0.100. The molecule has 2 aromatic heterocycles. The summed E-state index contributed by atoms with van der Waals surface area (Å²) in [6.07, 6.45) is 7.81. The molecule has 102 valence electrons. The molecule has 0 radical (unpaired) electrons. The molecule has 0 aliphatic carbocycles. The van der Waals surface area contributed by atoms with Crippen molar-refractivity contribution in [3.05, 3.63) is 53.0 Å². The van der Waals surface area contributed by atoms with E-state index in [-0.39, 0.29) is 17.2 Å². The van der Waals surface area contributed by atoms with Gasteiger partial charge in [-0.3, -0.25) is 19.0 Å². The summed E-state index contributed by atoms with van der Waals surface area (Å²) >= 11 is 0. The molecule has 6 heteroatoms. The van der Waals surface area contributed by atoms with Gasteiger partial charge in [-0.05, 0) is 6.92 Å². The number of carbonyl (C=O) groups excluding carboxylic acids is 1. The highest BCUT2D eigenvalue weighted by atomic mass is 16.1. The van der Waals surface area contributed by atoms with Gasteiger partial charge >= 0.3 is 0 Å². The van der Waals surface area contributed by atoms with Crippen LogP contribution in [0.3, 0.4) is 0 Å². The Labute approximate surface area is 115 Å². The average molecular weight is 270 g/mol. The second kappa shape index (κ2) is 5.48. The molecule has 20 heavy (non-hydrogen) atoms. The monoisotopic (exact) mass is 270 g/mol. The van der Waals surface area contributed by atoms with E-state index in [4.69, 9.17) is 0 Å². The van der Waals surface area contributed by atoms with Crippen molar-refractivity contribution < 1.29 is 4.79 Å². The third-order valence-electron chi connectivity index (χ3n) is 2.71. The summed E-state index contributed by atoms with van der Waals surface area (Å²) in [5, 5.41) is 0. The first-order valence-electron chi connectivity index (χ1n) is 6.02. The SMILES string of the molecule is C=CC=N/C(=C\C)c1nc(C(C)=O)n2cc[nH]c(=O)c12. The summed E-state index contributed by atoms with van der Waals surface area (Å²) in [5.41, 5.74) is 0.854. The van der Waals surface area contributed by atoms with E-state index in [9.17, 15) is 9.59 Å². The number of carbonyl (C=O) groups is 1. The van der Waals surface area contributed by atoms with Gasteiger partial charge in [-0.15, -0.1) is 0 Å². The van der Waals surface area contributed by atoms with Crippen molar-refractivity contribution in [2.45, 2.75) is 13.8 Å². The van der Waals surface area contributed by atoms with Crippen LogP contribution in [0.15, 0.2) is 40.9 Å². The number of imidazole rings is 1. The van der Waals surface area contributed by atoms with E-state index in [1.807, 2.05) is 0 Å². The Morgan fingerprint density at radius 2 is 2.30 bits per heavy atom. The van der Waals surface area contributed by atoms with Crippen LogP contribution in [0.4, 0.5) is 0 Å². The number of aliphatic imine (C=N–C) groups is 1. The molecule has 0 amide bonds. The number of aromatic amines is 1. The summed E-state index contributed by atoms with van der Waals surface area (Å²) in [5.74, 6) is -0.0192. The highest BCUT2D eigenvalue weighted by Gasteiger charge is 2.18. The van der Waals surface area contributed by atoms with E-state index >= 15 is 0 Å². The molecule has 0 unspecified atom stereocenters. The zero-order chi connectivity index (χ0) is 14.7. The maximum absolute atomic E-state index is 12.0. The fourth-order valence-corrected chi connectivity index (χ4v) is 1.88. The van der Waals surface area contributed by atoms with Crippen molar-refractivity contribution in [3.63, 3.8) is 0 Å². The zero-order valence-corrected chi connectivity index (χ0v) is 11.3. The lowest BCUT2D eigenvalue weighted by atomic mass is 10.3. The number of fused-ring (bicyclic) bond motifs is 1. The molecule has 0 aliphatic rings. The highest BCUT2D eigenvalue weighted by molar-refractivity contribution is 5.94. The van der Waals surface area contributed by atoms with E-state index in [0.29, 0.717) is 16.9 Å². The largest absolute Gasteiger partial charge is 0.326 e. The third-order valence-corrected chi connectivity index (χ3v) is 2.71. The number of H-pyrrole nitrogens is 1. The van der Waals surface area contributed by atoms with E-state index in [1.54, 1.807) is 19.2 Å². The van der Waals surface area contributed by atoms with Crippen molar-refractivity contribution in [2.24, 2.45) is 4.99 Å². The molecule has 0 aliphatic heterocycles. The van der Waals surface area contributed by atoms with Crippen LogP contribution in [0.2, 0.25) is 0 Å². The lowest BCUT2D eigenvalue weighted by Gasteiger charge is -1.97. The van der Waals surface area contributed by atoms with Crippen LogP contribution in [0, 0.1) is 0 Å². The molecule has 6 nitrogen and oxygen atoms in total. The minimum absolute atomic E-state index is 0.203. The van der Waals surface area contributed by atoms with Gasteiger partial charge in [-0.25, -0.2) is 4.98 Å². The first-order chi connectivity index (χ1) is 9.60. The summed E-state index contributed by atoms with van der Waals surface area (Å²) < 4.78 is 1.48. The zero-order valence-electron chi connectivity index (χ0n) is 11.3. The number of Topliss-reactive ketones (excluding diaryl/α,β-unsaturated/α-hetero) is 1. The van der Waals surface area contributed by atoms with Gasteiger partial charge in [-0.1, -0.05) is 18.7 Å². The van der Waals surface area contributed by atoms with Gasteiger partial charge in [0.1, 0.15) is 11.2 Å². The van der Waals surface area contributed by atoms with E-state index < -0.39 is 0 Å². The minimum atomic E-state index is -0.323. The molecule has 0 atom stereocenters. The Hall–Kier alpha value is -2.76. The fraction of sp³-hybridized carbons (Fsp3) is 0.143. The molecule has 2 aromatic rings. The molecule has 0 saturated heterocycles. The van der Waals surface area contributed by atoms with Crippen molar-refractivity contribution >= 4 is 23.2 Å². The first-order valence-corrected chi connectivity index (χ1v) is 6.02. The standard InChI is InChI=1S/C14H14N4O2/c1-4-6-15-10(5-2)11-12-14(20)16-7-8-18(12)13(17-11)9(3)19/h4-8H,1H2,2-3H3,(H,16,20)/b10-5-,15-6?. The molecular weight excluding hydrogens is 256 g/mol. The second-order valence-electron chi connectivity index (χ2n) is 4.04. The molecule has 0 spiro atoms. The minimum Gasteiger partial charge on any atom is -0.326 e. The Balaban J connectivity index is 2.83. The van der Waals surface area contributed by atoms with Crippen LogP contribution >= 0.6 is 0 Å². The molecule has 0 aromatic carbocycles. The van der Waals surface area contributed by atoms with E-state index in [1.165, 1.54) is 29.8 Å². The molecule has 2 heterocycles. The highest BCUT2D eigenvalue weighted by Crippen LogP contribution is 2.19. The van der Waals surface area contributed by atoms with Crippen LogP contribution in [0.25, 0.3) is 11.2 Å². The van der Waals surface area contributed by atoms with E-state index in [0.717, 1.165) is 0 Å². The van der Waals surface area contributed by atoms with Crippen molar-refractivity contribution in [2.75, 3.05) is 0 Å². The van der Waals surface area contributed by atoms with Gasteiger partial charge in [0.15, 0.2) is 11.6 Å². The Morgan fingerprint density at radius 3 is 2.90 bits per heavy atom. The molecular formula is C14H14N4O2. The Kier molecular flexibility index (Phi) is 3.74. The number of ketones is 1. The summed E-state index contributed by atoms with van der Waals surface area (Å²) in [6.45, 7) is 6.74. The van der Waals surface area contributed by atoms with Gasteiger partial charge < -0.3 is 4.98 Å². The van der Waals surface area contributed by atoms with Gasteiger partial charge in [0.05, 0.1) is 5.70 Å². The van der Waals surface area contributed by atoms with Crippen LogP contribution in [0.5, 0.6) is 0 Å². The second-order valence-corrected chi connectivity index (χ2v) is 4.04. The number of hydrogen-bond acceptors (Lipinski definition) is 4. The van der Waals surface area contributed by atoms with Gasteiger partial charge in [0.25, 0.3) is 5.56 Å². The predicted molar refractivity (Wildman–Crippen MR) is 78.2 cm³/mol. The van der Waals surface area contributed by atoms with Crippen molar-refractivity contribution in [3.8, 4) is 0 Å². The van der Waals surface area contributed by atoms with Gasteiger partial charge in [0.2, 0.25) is 0 Å². The fourth-order valence-electron chi connectivity index (χ4n) is 1.88. The Bertz CT molecular complexity index is 793. The molecule has 0 bridgehead atoms. The summed E-state index contributed by atoms with van der Waals surface area (Å²) in [4.78, 5) is 34.6. The maximum atomic E-state index is 12.0. The normalized spacial score (nSPS) is 12.2. The number of rotatable bonds is 4. The number of nitrogens with one attached hydrogen (secondary N) is 1. The number of aromatic nitrogens is 3. The van der Waals surface area contributed by atoms with Gasteiger partial charge in [0, 0.05) is 25.5 Å². The smallest absolute Gasteiger partial charge is 0.274 e. The number of allylic oxidation sites excluding steroid dienone is 2. The van der Waals surface area contributed by atoms with E-state index in [2.05, 4.69) is 21.5 Å². The third kappa shape index (κ3) is 2.23. The first kappa shape index (κ1) is 13.7. The number of hydrogen-bond donors (Lipinski definition) is 1. The molecule has 1 N–H and O–H groups in total. The average Bonchev–Trinajstić information content (AvgIpc) is 2.81. The molecule has 0 saturated carbocycles. The molecule has 2 rings (SSSR count). The summed E-state index contributed by atoms with van der Waals surface area (Å²) in [7, 11) is 0. The van der Waals surface area contributed by atoms with Crippen LogP contribution in [-0.2, 0) is 0 Å². The van der Waals surface area contributed by atoms with Crippen LogP contribution in [-0.4, -0.2) is 26.4 Å². The van der Waals surface area contributed by atoms with Crippen LogP contribution < -0.4 is 5.56 Å². The quantitative estimate of drug-likeness (QED) is 0.680. The Morgan fingerprint density at radius 1 is 1.55 bits per heavy atom. The van der Waals surface area contributed by atoms with Gasteiger partial charge in [-0.2, -0.15) is 0 Å². The topological polar surface area (TPSA) is 79.6 Å².